The zero-order chi connectivity index (χ0) is 18.5. The molecule has 1 amide bonds. The second-order valence-corrected chi connectivity index (χ2v) is 7.81. The standard InChI is InChI=1S/C18H15N3O3S2/c1-12-19-10-14(25-12)11-20-18(22)9-7-13-6-8-17(26-13)15-4-2-3-5-16(15)21(23)24/h2-10H,11H2,1H3,(H,20,22). The molecule has 3 aromatic rings. The molecule has 2 aromatic heterocycles. The predicted molar refractivity (Wildman–Crippen MR) is 104 cm³/mol. The van der Waals surface area contributed by atoms with Crippen molar-refractivity contribution in [3.63, 3.8) is 0 Å². The van der Waals surface area contributed by atoms with Crippen LogP contribution in [0.15, 0.2) is 48.7 Å². The zero-order valence-corrected chi connectivity index (χ0v) is 15.5. The van der Waals surface area contributed by atoms with Crippen LogP contribution < -0.4 is 5.32 Å². The van der Waals surface area contributed by atoms with Gasteiger partial charge < -0.3 is 5.32 Å². The summed E-state index contributed by atoms with van der Waals surface area (Å²) in [4.78, 5) is 29.5. The molecule has 0 aliphatic carbocycles. The van der Waals surface area contributed by atoms with Gasteiger partial charge >= 0.3 is 0 Å². The topological polar surface area (TPSA) is 85.1 Å². The van der Waals surface area contributed by atoms with E-state index in [2.05, 4.69) is 10.3 Å². The van der Waals surface area contributed by atoms with Crippen LogP contribution in [-0.4, -0.2) is 15.8 Å². The van der Waals surface area contributed by atoms with Crippen LogP contribution in [0.5, 0.6) is 0 Å². The van der Waals surface area contributed by atoms with Gasteiger partial charge in [-0.05, 0) is 31.2 Å². The van der Waals surface area contributed by atoms with E-state index in [-0.39, 0.29) is 16.5 Å². The number of nitro benzene ring substituents is 1. The lowest BCUT2D eigenvalue weighted by atomic mass is 10.1. The molecule has 0 spiro atoms. The fourth-order valence-corrected chi connectivity index (χ4v) is 3.99. The molecular formula is C18H15N3O3S2. The third kappa shape index (κ3) is 4.41. The van der Waals surface area contributed by atoms with Crippen molar-refractivity contribution in [3.05, 3.63) is 73.5 Å². The molecular weight excluding hydrogens is 370 g/mol. The van der Waals surface area contributed by atoms with Crippen molar-refractivity contribution in [2.24, 2.45) is 0 Å². The van der Waals surface area contributed by atoms with Gasteiger partial charge in [0.15, 0.2) is 0 Å². The Balaban J connectivity index is 1.65. The van der Waals surface area contributed by atoms with E-state index >= 15 is 0 Å². The summed E-state index contributed by atoms with van der Waals surface area (Å²) in [6.07, 6.45) is 4.92. The largest absolute Gasteiger partial charge is 0.348 e. The molecule has 132 valence electrons. The Bertz CT molecular complexity index is 975. The van der Waals surface area contributed by atoms with Crippen LogP contribution in [0, 0.1) is 17.0 Å². The third-order valence-corrected chi connectivity index (χ3v) is 5.49. The lowest BCUT2D eigenvalue weighted by Crippen LogP contribution is -2.19. The number of nitrogens with one attached hydrogen (secondary N) is 1. The maximum absolute atomic E-state index is 11.9. The fourth-order valence-electron chi connectivity index (χ4n) is 2.31. The van der Waals surface area contributed by atoms with Crippen molar-refractivity contribution in [1.29, 1.82) is 0 Å². The Labute approximate surface area is 158 Å². The van der Waals surface area contributed by atoms with Crippen molar-refractivity contribution >= 4 is 40.3 Å². The van der Waals surface area contributed by atoms with E-state index in [0.717, 1.165) is 19.6 Å². The molecule has 0 bridgehead atoms. The van der Waals surface area contributed by atoms with Gasteiger partial charge in [-0.1, -0.05) is 12.1 Å². The van der Waals surface area contributed by atoms with E-state index < -0.39 is 0 Å². The van der Waals surface area contributed by atoms with Gasteiger partial charge in [0.25, 0.3) is 5.69 Å². The lowest BCUT2D eigenvalue weighted by molar-refractivity contribution is -0.384. The van der Waals surface area contributed by atoms with Gasteiger partial charge in [-0.2, -0.15) is 0 Å². The molecule has 0 atom stereocenters. The van der Waals surface area contributed by atoms with Crippen LogP contribution in [0.25, 0.3) is 16.5 Å². The number of nitro groups is 1. The van der Waals surface area contributed by atoms with E-state index in [9.17, 15) is 14.9 Å². The van der Waals surface area contributed by atoms with E-state index in [1.165, 1.54) is 23.5 Å². The summed E-state index contributed by atoms with van der Waals surface area (Å²) in [6.45, 7) is 2.36. The highest BCUT2D eigenvalue weighted by molar-refractivity contribution is 7.16. The first-order valence-corrected chi connectivity index (χ1v) is 9.37. The first-order chi connectivity index (χ1) is 12.5. The highest BCUT2D eigenvalue weighted by Gasteiger charge is 2.15. The summed E-state index contributed by atoms with van der Waals surface area (Å²) in [5.41, 5.74) is 0.648. The van der Waals surface area contributed by atoms with Gasteiger partial charge in [-0.25, -0.2) is 4.98 Å². The lowest BCUT2D eigenvalue weighted by Gasteiger charge is -1.99. The minimum atomic E-state index is -0.390. The predicted octanol–water partition coefficient (Wildman–Crippen LogP) is 4.42. The highest BCUT2D eigenvalue weighted by Crippen LogP contribution is 2.34. The number of hydrogen-bond donors (Lipinski definition) is 1. The molecule has 26 heavy (non-hydrogen) atoms. The van der Waals surface area contributed by atoms with Crippen molar-refractivity contribution < 1.29 is 9.72 Å². The molecule has 0 aliphatic rings. The molecule has 3 rings (SSSR count). The van der Waals surface area contributed by atoms with Crippen LogP contribution in [0.2, 0.25) is 0 Å². The van der Waals surface area contributed by atoms with E-state index in [1.54, 1.807) is 41.8 Å². The molecule has 0 fully saturated rings. The molecule has 2 heterocycles. The molecule has 0 radical (unpaired) electrons. The SMILES string of the molecule is Cc1ncc(CNC(=O)C=Cc2ccc(-c3ccccc3[N+](=O)[O-])s2)s1. The number of para-hydroxylation sites is 1. The van der Waals surface area contributed by atoms with Crippen LogP contribution in [0.3, 0.4) is 0 Å². The summed E-state index contributed by atoms with van der Waals surface area (Å²) in [6, 6.07) is 10.3. The number of nitrogens with zero attached hydrogens (tertiary/aromatic N) is 2. The molecule has 6 nitrogen and oxygen atoms in total. The molecule has 0 saturated carbocycles. The number of carbonyl (C=O) groups excluding carboxylic acids is 1. The maximum Gasteiger partial charge on any atom is 0.278 e. The number of aromatic nitrogens is 1. The van der Waals surface area contributed by atoms with Crippen LogP contribution in [0.1, 0.15) is 14.8 Å². The first-order valence-electron chi connectivity index (χ1n) is 7.74. The molecule has 8 heteroatoms. The van der Waals surface area contributed by atoms with Crippen LogP contribution >= 0.6 is 22.7 Å². The van der Waals surface area contributed by atoms with E-state index in [0.29, 0.717) is 12.1 Å². The second kappa shape index (κ2) is 8.03. The minimum absolute atomic E-state index is 0.0717. The van der Waals surface area contributed by atoms with Gasteiger partial charge in [-0.3, -0.25) is 14.9 Å². The smallest absolute Gasteiger partial charge is 0.278 e. The number of carbonyl (C=O) groups is 1. The normalized spacial score (nSPS) is 11.0. The number of thiazole rings is 1. The Kier molecular flexibility index (Phi) is 5.55. The summed E-state index contributed by atoms with van der Waals surface area (Å²) < 4.78 is 0. The van der Waals surface area contributed by atoms with Crippen LogP contribution in [0.4, 0.5) is 5.69 Å². The number of hydrogen-bond acceptors (Lipinski definition) is 6. The molecule has 1 N–H and O–H groups in total. The number of benzene rings is 1. The average Bonchev–Trinajstić information content (AvgIpc) is 3.27. The fraction of sp³-hybridized carbons (Fsp3) is 0.111. The Morgan fingerprint density at radius 1 is 1.27 bits per heavy atom. The highest BCUT2D eigenvalue weighted by atomic mass is 32.1. The first kappa shape index (κ1) is 18.0. The van der Waals surface area contributed by atoms with Gasteiger partial charge in [0.05, 0.1) is 22.0 Å². The quantitative estimate of drug-likeness (QED) is 0.387. The second-order valence-electron chi connectivity index (χ2n) is 5.37. The minimum Gasteiger partial charge on any atom is -0.348 e. The maximum atomic E-state index is 11.9. The van der Waals surface area contributed by atoms with Gasteiger partial charge in [-0.15, -0.1) is 22.7 Å². The van der Waals surface area contributed by atoms with Crippen LogP contribution in [-0.2, 0) is 11.3 Å². The van der Waals surface area contributed by atoms with Gasteiger partial charge in [0.1, 0.15) is 0 Å². The Morgan fingerprint density at radius 2 is 2.08 bits per heavy atom. The third-order valence-electron chi connectivity index (χ3n) is 3.50. The Hall–Kier alpha value is -2.84. The number of amides is 1. The van der Waals surface area contributed by atoms with Gasteiger partial charge in [0.2, 0.25) is 5.91 Å². The van der Waals surface area contributed by atoms with E-state index in [1.807, 2.05) is 19.1 Å². The van der Waals surface area contributed by atoms with Crippen molar-refractivity contribution in [2.75, 3.05) is 0 Å². The van der Waals surface area contributed by atoms with Crippen molar-refractivity contribution in [3.8, 4) is 10.4 Å². The molecule has 0 aliphatic heterocycles. The monoisotopic (exact) mass is 385 g/mol. The summed E-state index contributed by atoms with van der Waals surface area (Å²) in [5.74, 6) is -0.198. The average molecular weight is 385 g/mol. The number of thiophene rings is 1. The summed E-state index contributed by atoms with van der Waals surface area (Å²) in [5, 5.41) is 14.9. The molecule has 0 saturated heterocycles. The molecule has 1 aromatic carbocycles. The Morgan fingerprint density at radius 3 is 2.81 bits per heavy atom. The number of rotatable bonds is 6. The molecule has 0 unspecified atom stereocenters. The zero-order valence-electron chi connectivity index (χ0n) is 13.8. The summed E-state index contributed by atoms with van der Waals surface area (Å²) >= 11 is 2.94. The van der Waals surface area contributed by atoms with Crippen molar-refractivity contribution in [1.82, 2.24) is 10.3 Å². The van der Waals surface area contributed by atoms with Gasteiger partial charge in [0, 0.05) is 33.0 Å². The van der Waals surface area contributed by atoms with E-state index in [4.69, 9.17) is 0 Å². The number of aryl methyl sites for hydroxylation is 1. The summed E-state index contributed by atoms with van der Waals surface area (Å²) in [7, 11) is 0. The van der Waals surface area contributed by atoms with Crippen molar-refractivity contribution in [2.45, 2.75) is 13.5 Å².